The molecule has 3 heterocycles. The van der Waals surface area contributed by atoms with Crippen molar-refractivity contribution >= 4 is 22.3 Å². The minimum absolute atomic E-state index is 0.148. The smallest absolute Gasteiger partial charge is 0.258 e. The van der Waals surface area contributed by atoms with E-state index in [-0.39, 0.29) is 17.5 Å². The van der Waals surface area contributed by atoms with Crippen molar-refractivity contribution in [3.8, 4) is 0 Å². The fourth-order valence-corrected chi connectivity index (χ4v) is 3.37. The number of hydrogen-bond acceptors (Lipinski definition) is 5. The van der Waals surface area contributed by atoms with Gasteiger partial charge in [-0.25, -0.2) is 0 Å². The number of benzene rings is 1. The van der Waals surface area contributed by atoms with Gasteiger partial charge in [-0.2, -0.15) is 0 Å². The molecule has 8 heteroatoms. The van der Waals surface area contributed by atoms with Gasteiger partial charge in [0.2, 0.25) is 0 Å². The van der Waals surface area contributed by atoms with Crippen LogP contribution in [0.15, 0.2) is 59.7 Å². The number of nitrogens with zero attached hydrogens (tertiary/aromatic N) is 4. The molecule has 1 aromatic carbocycles. The van der Waals surface area contributed by atoms with Gasteiger partial charge < -0.3 is 14.6 Å². The molecule has 0 aliphatic rings. The molecule has 0 aliphatic heterocycles. The fraction of sp³-hybridized carbons (Fsp3) is 0.238. The Bertz CT molecular complexity index is 1240. The molecule has 0 spiro atoms. The van der Waals surface area contributed by atoms with E-state index in [0.29, 0.717) is 41.0 Å². The van der Waals surface area contributed by atoms with Crippen molar-refractivity contribution < 1.29 is 9.53 Å². The molecular formula is C21H21N5O3. The molecule has 4 rings (SSSR count). The second-order valence-corrected chi connectivity index (χ2v) is 6.76. The van der Waals surface area contributed by atoms with Gasteiger partial charge in [-0.3, -0.25) is 14.0 Å². The Labute approximate surface area is 166 Å². The number of carbonyl (C=O) groups excluding carboxylic acids is 1. The number of rotatable bonds is 6. The number of nitrogens with one attached hydrogen (secondary N) is 1. The molecule has 8 nitrogen and oxygen atoms in total. The van der Waals surface area contributed by atoms with Gasteiger partial charge in [0, 0.05) is 36.8 Å². The molecule has 148 valence electrons. The van der Waals surface area contributed by atoms with Crippen molar-refractivity contribution in [1.82, 2.24) is 24.5 Å². The average Bonchev–Trinajstić information content (AvgIpc) is 3.17. The van der Waals surface area contributed by atoms with Crippen LogP contribution in [-0.4, -0.2) is 38.8 Å². The predicted octanol–water partition coefficient (Wildman–Crippen LogP) is 2.18. The molecule has 0 fully saturated rings. The Morgan fingerprint density at radius 1 is 1.14 bits per heavy atom. The van der Waals surface area contributed by atoms with Crippen molar-refractivity contribution in [1.29, 1.82) is 0 Å². The van der Waals surface area contributed by atoms with Gasteiger partial charge in [0.1, 0.15) is 0 Å². The molecule has 29 heavy (non-hydrogen) atoms. The molecule has 0 bridgehead atoms. The zero-order valence-corrected chi connectivity index (χ0v) is 16.2. The van der Waals surface area contributed by atoms with E-state index in [1.54, 1.807) is 31.5 Å². The second-order valence-electron chi connectivity index (χ2n) is 6.76. The van der Waals surface area contributed by atoms with Crippen LogP contribution in [0.25, 0.3) is 16.4 Å². The normalized spacial score (nSPS) is 12.3. The summed E-state index contributed by atoms with van der Waals surface area (Å²) in [5.41, 5.74) is 0.991. The molecule has 1 atom stereocenters. The Kier molecular flexibility index (Phi) is 5.09. The lowest BCUT2D eigenvalue weighted by Crippen LogP contribution is -2.31. The van der Waals surface area contributed by atoms with E-state index in [2.05, 4.69) is 15.5 Å². The molecule has 0 radical (unpaired) electrons. The summed E-state index contributed by atoms with van der Waals surface area (Å²) in [6, 6.07) is 12.4. The molecule has 4 aromatic rings. The van der Waals surface area contributed by atoms with Crippen LogP contribution >= 0.6 is 0 Å². The topological polar surface area (TPSA) is 90.5 Å². The lowest BCUT2D eigenvalue weighted by Gasteiger charge is -2.15. The van der Waals surface area contributed by atoms with Gasteiger partial charge in [0.25, 0.3) is 11.5 Å². The van der Waals surface area contributed by atoms with Gasteiger partial charge in [0.15, 0.2) is 11.5 Å². The third-order valence-electron chi connectivity index (χ3n) is 4.85. The van der Waals surface area contributed by atoms with Crippen molar-refractivity contribution in [3.63, 3.8) is 0 Å². The highest BCUT2D eigenvalue weighted by atomic mass is 16.5. The number of pyridine rings is 2. The van der Waals surface area contributed by atoms with Crippen LogP contribution in [-0.2, 0) is 11.3 Å². The van der Waals surface area contributed by atoms with Crippen LogP contribution in [0.4, 0.5) is 0 Å². The number of hydrogen-bond donors (Lipinski definition) is 1. The largest absolute Gasteiger partial charge is 0.383 e. The first kappa shape index (κ1) is 18.8. The quantitative estimate of drug-likeness (QED) is 0.544. The number of ether oxygens (including phenoxy) is 1. The number of carbonyl (C=O) groups is 1. The minimum atomic E-state index is -0.377. The first-order valence-electron chi connectivity index (χ1n) is 9.32. The summed E-state index contributed by atoms with van der Waals surface area (Å²) in [4.78, 5) is 25.8. The lowest BCUT2D eigenvalue weighted by molar-refractivity contribution is 0.0938. The van der Waals surface area contributed by atoms with Gasteiger partial charge >= 0.3 is 0 Å². The Hall–Kier alpha value is -3.52. The van der Waals surface area contributed by atoms with E-state index in [1.165, 1.54) is 4.57 Å². The van der Waals surface area contributed by atoms with Crippen LogP contribution in [0.1, 0.15) is 29.1 Å². The maximum absolute atomic E-state index is 13.1. The van der Waals surface area contributed by atoms with Crippen molar-refractivity contribution in [2.75, 3.05) is 13.7 Å². The molecule has 0 aliphatic carbocycles. The Morgan fingerprint density at radius 2 is 1.90 bits per heavy atom. The van der Waals surface area contributed by atoms with Crippen molar-refractivity contribution in [3.05, 3.63) is 76.6 Å². The van der Waals surface area contributed by atoms with Gasteiger partial charge in [0.05, 0.1) is 18.2 Å². The highest BCUT2D eigenvalue weighted by molar-refractivity contribution is 6.06. The summed E-state index contributed by atoms with van der Waals surface area (Å²) in [6.07, 6.45) is 3.45. The van der Waals surface area contributed by atoms with E-state index in [1.807, 2.05) is 41.8 Å². The van der Waals surface area contributed by atoms with E-state index in [4.69, 9.17) is 4.74 Å². The summed E-state index contributed by atoms with van der Waals surface area (Å²) < 4.78 is 8.44. The summed E-state index contributed by atoms with van der Waals surface area (Å²) in [5, 5.41) is 12.4. The monoisotopic (exact) mass is 391 g/mol. The predicted molar refractivity (Wildman–Crippen MR) is 109 cm³/mol. The Morgan fingerprint density at radius 3 is 2.69 bits per heavy atom. The molecule has 0 saturated carbocycles. The molecule has 0 saturated heterocycles. The molecule has 1 amide bonds. The third-order valence-corrected chi connectivity index (χ3v) is 4.85. The molecular weight excluding hydrogens is 370 g/mol. The highest BCUT2D eigenvalue weighted by Crippen LogP contribution is 2.18. The zero-order chi connectivity index (χ0) is 20.4. The Balaban J connectivity index is 1.71. The van der Waals surface area contributed by atoms with E-state index < -0.39 is 0 Å². The summed E-state index contributed by atoms with van der Waals surface area (Å²) >= 11 is 0. The number of amides is 1. The number of methoxy groups -OCH3 is 1. The molecule has 3 aromatic heterocycles. The van der Waals surface area contributed by atoms with Gasteiger partial charge in [-0.15, -0.1) is 10.2 Å². The van der Waals surface area contributed by atoms with Crippen molar-refractivity contribution in [2.45, 2.75) is 19.5 Å². The highest BCUT2D eigenvalue weighted by Gasteiger charge is 2.19. The van der Waals surface area contributed by atoms with E-state index in [9.17, 15) is 9.59 Å². The number of aromatic nitrogens is 4. The lowest BCUT2D eigenvalue weighted by atomic mass is 10.1. The van der Waals surface area contributed by atoms with Crippen LogP contribution in [0.5, 0.6) is 0 Å². The van der Waals surface area contributed by atoms with Gasteiger partial charge in [-0.05, 0) is 25.1 Å². The third kappa shape index (κ3) is 3.50. The van der Waals surface area contributed by atoms with Crippen LogP contribution in [0, 0.1) is 0 Å². The first-order chi connectivity index (χ1) is 14.1. The molecule has 0 unspecified atom stereocenters. The van der Waals surface area contributed by atoms with Crippen LogP contribution < -0.4 is 10.9 Å². The van der Waals surface area contributed by atoms with Gasteiger partial charge in [-0.1, -0.05) is 24.3 Å². The van der Waals surface area contributed by atoms with Crippen molar-refractivity contribution in [2.24, 2.45) is 0 Å². The van der Waals surface area contributed by atoms with E-state index in [0.717, 1.165) is 0 Å². The fourth-order valence-electron chi connectivity index (χ4n) is 3.37. The zero-order valence-electron chi connectivity index (χ0n) is 16.2. The summed E-state index contributed by atoms with van der Waals surface area (Å²) in [6.45, 7) is 2.59. The first-order valence-corrected chi connectivity index (χ1v) is 9.32. The van der Waals surface area contributed by atoms with Crippen LogP contribution in [0.3, 0.4) is 0 Å². The summed E-state index contributed by atoms with van der Waals surface area (Å²) in [7, 11) is 1.57. The van der Waals surface area contributed by atoms with E-state index >= 15 is 0 Å². The summed E-state index contributed by atoms with van der Waals surface area (Å²) in [5.74, 6) is 0.346. The second kappa shape index (κ2) is 7.84. The maximum atomic E-state index is 13.1. The maximum Gasteiger partial charge on any atom is 0.258 e. The SMILES string of the molecule is COCCn1cc(C(=O)N[C@H](C)c2nnc3ccccn23)c2ccccc2c1=O. The minimum Gasteiger partial charge on any atom is -0.383 e. The number of fused-ring (bicyclic) bond motifs is 2. The average molecular weight is 391 g/mol. The molecule has 1 N–H and O–H groups in total. The standard InChI is InChI=1S/C21H21N5O3/c1-14(19-24-23-18-9-5-6-10-26(18)19)22-20(27)17-13-25(11-12-29-2)21(28)16-8-4-3-7-15(16)17/h3-10,13-14H,11-12H2,1-2H3,(H,22,27)/t14-/m1/s1. The van der Waals surface area contributed by atoms with Crippen LogP contribution in [0.2, 0.25) is 0 Å².